The predicted octanol–water partition coefficient (Wildman–Crippen LogP) is 2.49. The number of nitrogens with one attached hydrogen (secondary N) is 1. The number of carboxylic acids is 1. The number of carboxylic acid groups (broad SMARTS) is 1. The number of halogens is 3. The summed E-state index contributed by atoms with van der Waals surface area (Å²) in [4.78, 5) is 32.3. The molecule has 0 spiro atoms. The molecule has 30 heavy (non-hydrogen) atoms. The minimum atomic E-state index is -4.55. The molecule has 0 unspecified atom stereocenters. The third kappa shape index (κ3) is 4.90. The van der Waals surface area contributed by atoms with Gasteiger partial charge in [-0.05, 0) is 29.8 Å². The fraction of sp³-hybridized carbons (Fsp3) is 0.200. The Morgan fingerprint density at radius 3 is 2.27 bits per heavy atom. The van der Waals surface area contributed by atoms with Gasteiger partial charge in [0.15, 0.2) is 6.10 Å². The summed E-state index contributed by atoms with van der Waals surface area (Å²) in [6.45, 7) is 0. The SMILES string of the molecule is O=C(O)[C@H](Cc1cnc2ccccc2n1)NC(=O)[C@@H](O)c1ccc(C(F)(F)F)cc1. The van der Waals surface area contributed by atoms with Crippen LogP contribution in [0.25, 0.3) is 11.0 Å². The van der Waals surface area contributed by atoms with Crippen LogP contribution in [0.3, 0.4) is 0 Å². The van der Waals surface area contributed by atoms with Gasteiger partial charge < -0.3 is 15.5 Å². The molecule has 3 N–H and O–H groups in total. The van der Waals surface area contributed by atoms with Crippen LogP contribution in [0.5, 0.6) is 0 Å². The van der Waals surface area contributed by atoms with Gasteiger partial charge in [0.2, 0.25) is 0 Å². The smallest absolute Gasteiger partial charge is 0.416 e. The number of alkyl halides is 3. The number of carbonyl (C=O) groups is 2. The second-order valence-electron chi connectivity index (χ2n) is 6.48. The van der Waals surface area contributed by atoms with Crippen molar-refractivity contribution in [2.75, 3.05) is 0 Å². The lowest BCUT2D eigenvalue weighted by Gasteiger charge is -2.18. The second-order valence-corrected chi connectivity index (χ2v) is 6.48. The van der Waals surface area contributed by atoms with Crippen molar-refractivity contribution < 1.29 is 33.0 Å². The van der Waals surface area contributed by atoms with Crippen molar-refractivity contribution in [3.05, 3.63) is 71.5 Å². The third-order valence-corrected chi connectivity index (χ3v) is 4.33. The fourth-order valence-electron chi connectivity index (χ4n) is 2.76. The van der Waals surface area contributed by atoms with Crippen molar-refractivity contribution in [1.82, 2.24) is 15.3 Å². The molecule has 0 aliphatic carbocycles. The molecule has 10 heteroatoms. The lowest BCUT2D eigenvalue weighted by molar-refractivity contribution is -0.143. The number of aliphatic hydroxyl groups excluding tert-OH is 1. The minimum absolute atomic E-state index is 0.102. The van der Waals surface area contributed by atoms with Gasteiger partial charge in [0.25, 0.3) is 5.91 Å². The molecule has 0 saturated heterocycles. The van der Waals surface area contributed by atoms with Gasteiger partial charge in [-0.3, -0.25) is 9.78 Å². The van der Waals surface area contributed by atoms with Crippen molar-refractivity contribution in [1.29, 1.82) is 0 Å². The zero-order valence-electron chi connectivity index (χ0n) is 15.3. The van der Waals surface area contributed by atoms with E-state index in [1.807, 2.05) is 0 Å². The zero-order chi connectivity index (χ0) is 21.9. The summed E-state index contributed by atoms with van der Waals surface area (Å²) in [6, 6.07) is 8.91. The highest BCUT2D eigenvalue weighted by molar-refractivity contribution is 5.87. The Balaban J connectivity index is 1.72. The molecule has 0 aliphatic rings. The van der Waals surface area contributed by atoms with E-state index in [4.69, 9.17) is 0 Å². The number of nitrogens with zero attached hydrogens (tertiary/aromatic N) is 2. The molecule has 1 amide bonds. The molecule has 0 radical (unpaired) electrons. The molecule has 7 nitrogen and oxygen atoms in total. The van der Waals surface area contributed by atoms with Crippen LogP contribution in [0.1, 0.15) is 22.9 Å². The average Bonchev–Trinajstić information content (AvgIpc) is 2.72. The predicted molar refractivity (Wildman–Crippen MR) is 99.2 cm³/mol. The van der Waals surface area contributed by atoms with Crippen molar-refractivity contribution in [3.8, 4) is 0 Å². The van der Waals surface area contributed by atoms with E-state index >= 15 is 0 Å². The van der Waals surface area contributed by atoms with E-state index < -0.39 is 35.8 Å². The first-order chi connectivity index (χ1) is 14.1. The van der Waals surface area contributed by atoms with Crippen molar-refractivity contribution in [3.63, 3.8) is 0 Å². The Morgan fingerprint density at radius 1 is 1.03 bits per heavy atom. The van der Waals surface area contributed by atoms with Gasteiger partial charge in [-0.25, -0.2) is 9.78 Å². The highest BCUT2D eigenvalue weighted by Crippen LogP contribution is 2.30. The first-order valence-corrected chi connectivity index (χ1v) is 8.74. The van der Waals surface area contributed by atoms with Gasteiger partial charge >= 0.3 is 12.1 Å². The van der Waals surface area contributed by atoms with Crippen LogP contribution in [-0.4, -0.2) is 38.1 Å². The van der Waals surface area contributed by atoms with E-state index in [2.05, 4.69) is 15.3 Å². The molecule has 1 heterocycles. The Bertz CT molecular complexity index is 1070. The topological polar surface area (TPSA) is 112 Å². The van der Waals surface area contributed by atoms with Gasteiger partial charge in [-0.2, -0.15) is 13.2 Å². The average molecular weight is 419 g/mol. The van der Waals surface area contributed by atoms with Crippen molar-refractivity contribution in [2.45, 2.75) is 24.7 Å². The Labute approximate surface area is 168 Å². The number of aromatic nitrogens is 2. The van der Waals surface area contributed by atoms with Crippen LogP contribution in [0.4, 0.5) is 13.2 Å². The summed E-state index contributed by atoms with van der Waals surface area (Å²) in [5, 5.41) is 21.7. The summed E-state index contributed by atoms with van der Waals surface area (Å²) in [5.41, 5.74) is 0.447. The normalized spacial score (nSPS) is 13.6. The van der Waals surface area contributed by atoms with Gasteiger partial charge in [-0.15, -0.1) is 0 Å². The first kappa shape index (κ1) is 21.2. The van der Waals surface area contributed by atoms with Crippen LogP contribution in [0, 0.1) is 0 Å². The van der Waals surface area contributed by atoms with E-state index in [1.54, 1.807) is 24.3 Å². The summed E-state index contributed by atoms with van der Waals surface area (Å²) < 4.78 is 37.9. The third-order valence-electron chi connectivity index (χ3n) is 4.33. The summed E-state index contributed by atoms with van der Waals surface area (Å²) in [5.74, 6) is -2.42. The molecule has 3 rings (SSSR count). The maximum Gasteiger partial charge on any atom is 0.416 e. The lowest BCUT2D eigenvalue weighted by atomic mass is 10.1. The van der Waals surface area contributed by atoms with E-state index in [9.17, 15) is 33.0 Å². The Hall–Kier alpha value is -3.53. The number of carbonyl (C=O) groups excluding carboxylic acids is 1. The van der Waals surface area contributed by atoms with E-state index in [0.717, 1.165) is 24.3 Å². The van der Waals surface area contributed by atoms with Crippen LogP contribution in [-0.2, 0) is 22.2 Å². The number of benzene rings is 2. The molecular formula is C20H16F3N3O4. The number of aliphatic hydroxyl groups is 1. The number of rotatable bonds is 6. The maximum atomic E-state index is 12.6. The van der Waals surface area contributed by atoms with E-state index in [-0.39, 0.29) is 12.0 Å². The van der Waals surface area contributed by atoms with Crippen LogP contribution in [0.2, 0.25) is 0 Å². The number of para-hydroxylation sites is 2. The standard InChI is InChI=1S/C20H16F3N3O4/c21-20(22,23)12-7-5-11(6-8-12)17(27)18(28)26-16(19(29)30)9-13-10-24-14-3-1-2-4-15(14)25-13/h1-8,10,16-17,27H,9H2,(H,26,28)(H,29,30)/t16-,17-/m0/s1. The molecule has 0 aliphatic heterocycles. The number of hydrogen-bond donors (Lipinski definition) is 3. The molecule has 1 aromatic heterocycles. The maximum absolute atomic E-state index is 12.6. The molecule has 0 saturated carbocycles. The number of aliphatic carboxylic acids is 1. The van der Waals surface area contributed by atoms with Gasteiger partial charge in [0.05, 0.1) is 22.3 Å². The highest BCUT2D eigenvalue weighted by atomic mass is 19.4. The molecule has 0 fully saturated rings. The van der Waals surface area contributed by atoms with Gasteiger partial charge in [-0.1, -0.05) is 24.3 Å². The van der Waals surface area contributed by atoms with Crippen LogP contribution >= 0.6 is 0 Å². The Kier molecular flexibility index (Phi) is 5.97. The van der Waals surface area contributed by atoms with Crippen molar-refractivity contribution in [2.24, 2.45) is 0 Å². The quantitative estimate of drug-likeness (QED) is 0.566. The van der Waals surface area contributed by atoms with Crippen LogP contribution in [0.15, 0.2) is 54.7 Å². The lowest BCUT2D eigenvalue weighted by Crippen LogP contribution is -2.44. The van der Waals surface area contributed by atoms with Gasteiger partial charge in [0.1, 0.15) is 6.04 Å². The van der Waals surface area contributed by atoms with E-state index in [1.165, 1.54) is 6.20 Å². The second kappa shape index (κ2) is 8.46. The van der Waals surface area contributed by atoms with Crippen LogP contribution < -0.4 is 5.32 Å². The number of fused-ring (bicyclic) bond motifs is 1. The monoisotopic (exact) mass is 419 g/mol. The fourth-order valence-corrected chi connectivity index (χ4v) is 2.76. The summed E-state index contributed by atoms with van der Waals surface area (Å²) in [7, 11) is 0. The molecule has 3 aromatic rings. The highest BCUT2D eigenvalue weighted by Gasteiger charge is 2.31. The summed E-state index contributed by atoms with van der Waals surface area (Å²) in [6.07, 6.45) is -5.20. The Morgan fingerprint density at radius 2 is 1.67 bits per heavy atom. The van der Waals surface area contributed by atoms with Crippen molar-refractivity contribution >= 4 is 22.9 Å². The molecule has 2 aromatic carbocycles. The molecule has 2 atom stereocenters. The number of hydrogen-bond acceptors (Lipinski definition) is 5. The minimum Gasteiger partial charge on any atom is -0.480 e. The van der Waals surface area contributed by atoms with E-state index in [0.29, 0.717) is 16.7 Å². The first-order valence-electron chi connectivity index (χ1n) is 8.74. The largest absolute Gasteiger partial charge is 0.480 e. The molecular weight excluding hydrogens is 403 g/mol. The molecule has 0 bridgehead atoms. The summed E-state index contributed by atoms with van der Waals surface area (Å²) >= 11 is 0. The van der Waals surface area contributed by atoms with Gasteiger partial charge in [0, 0.05) is 12.6 Å². The zero-order valence-corrected chi connectivity index (χ0v) is 15.3. The molecule has 156 valence electrons. The number of amides is 1.